The molecule has 0 aliphatic heterocycles. The van der Waals surface area contributed by atoms with E-state index in [2.05, 4.69) is 11.9 Å². The lowest BCUT2D eigenvalue weighted by Crippen LogP contribution is -2.24. The molecule has 0 spiro atoms. The van der Waals surface area contributed by atoms with Gasteiger partial charge in [0.25, 0.3) is 5.91 Å². The molecule has 0 aliphatic rings. The number of carbonyl (C=O) groups is 1. The molecule has 19 heavy (non-hydrogen) atoms. The van der Waals surface area contributed by atoms with Gasteiger partial charge in [0, 0.05) is 18.7 Å². The molecule has 1 amide bonds. The SMILES string of the molecule is C=CCNC(=O)c1cc(=O)c2ccc(OC)cc2o1. The van der Waals surface area contributed by atoms with Crippen LogP contribution in [0.15, 0.2) is 46.1 Å². The molecule has 0 saturated carbocycles. The standard InChI is InChI=1S/C14H13NO4/c1-3-6-15-14(17)13-8-11(16)10-5-4-9(18-2)7-12(10)19-13/h3-5,7-8H,1,6H2,2H3,(H,15,17). The minimum atomic E-state index is -0.457. The molecule has 1 heterocycles. The van der Waals surface area contributed by atoms with Crippen LogP contribution in [0, 0.1) is 0 Å². The second kappa shape index (κ2) is 5.39. The van der Waals surface area contributed by atoms with Gasteiger partial charge in [0.2, 0.25) is 0 Å². The van der Waals surface area contributed by atoms with Crippen molar-refractivity contribution in [3.63, 3.8) is 0 Å². The molecule has 0 atom stereocenters. The first-order chi connectivity index (χ1) is 9.15. The highest BCUT2D eigenvalue weighted by Crippen LogP contribution is 2.19. The van der Waals surface area contributed by atoms with E-state index in [9.17, 15) is 9.59 Å². The number of fused-ring (bicyclic) bond motifs is 1. The Morgan fingerprint density at radius 1 is 1.47 bits per heavy atom. The van der Waals surface area contributed by atoms with E-state index < -0.39 is 5.91 Å². The van der Waals surface area contributed by atoms with Crippen LogP contribution in [-0.2, 0) is 0 Å². The zero-order valence-corrected chi connectivity index (χ0v) is 10.4. The van der Waals surface area contributed by atoms with Crippen molar-refractivity contribution in [1.29, 1.82) is 0 Å². The summed E-state index contributed by atoms with van der Waals surface area (Å²) in [5.41, 5.74) is 0.0447. The summed E-state index contributed by atoms with van der Waals surface area (Å²) in [6.07, 6.45) is 1.54. The maximum absolute atomic E-state index is 11.9. The van der Waals surface area contributed by atoms with Crippen LogP contribution in [0.4, 0.5) is 0 Å². The van der Waals surface area contributed by atoms with Crippen LogP contribution in [-0.4, -0.2) is 19.6 Å². The Labute approximate surface area is 109 Å². The zero-order valence-electron chi connectivity index (χ0n) is 10.4. The third kappa shape index (κ3) is 2.65. The van der Waals surface area contributed by atoms with Gasteiger partial charge in [0.15, 0.2) is 11.2 Å². The van der Waals surface area contributed by atoms with Gasteiger partial charge in [-0.05, 0) is 12.1 Å². The number of ether oxygens (including phenoxy) is 1. The molecule has 0 saturated heterocycles. The highest BCUT2D eigenvalue weighted by atomic mass is 16.5. The van der Waals surface area contributed by atoms with E-state index in [4.69, 9.17) is 9.15 Å². The fraction of sp³-hybridized carbons (Fsp3) is 0.143. The first-order valence-corrected chi connectivity index (χ1v) is 5.66. The smallest absolute Gasteiger partial charge is 0.287 e. The van der Waals surface area contributed by atoms with Gasteiger partial charge in [-0.1, -0.05) is 6.08 Å². The van der Waals surface area contributed by atoms with E-state index in [1.54, 1.807) is 24.3 Å². The Bertz CT molecular complexity index is 687. The van der Waals surface area contributed by atoms with Crippen molar-refractivity contribution in [2.24, 2.45) is 0 Å². The minimum Gasteiger partial charge on any atom is -0.497 e. The van der Waals surface area contributed by atoms with E-state index in [1.165, 1.54) is 13.2 Å². The van der Waals surface area contributed by atoms with Crippen molar-refractivity contribution in [2.45, 2.75) is 0 Å². The van der Waals surface area contributed by atoms with E-state index in [0.717, 1.165) is 0 Å². The molecule has 5 nitrogen and oxygen atoms in total. The molecule has 2 aromatic rings. The molecule has 0 unspecified atom stereocenters. The molecule has 1 N–H and O–H groups in total. The van der Waals surface area contributed by atoms with Crippen molar-refractivity contribution in [1.82, 2.24) is 5.32 Å². The second-order valence-corrected chi connectivity index (χ2v) is 3.84. The molecular formula is C14H13NO4. The van der Waals surface area contributed by atoms with Gasteiger partial charge in [-0.15, -0.1) is 6.58 Å². The molecule has 2 rings (SSSR count). The summed E-state index contributed by atoms with van der Waals surface area (Å²) in [4.78, 5) is 23.6. The van der Waals surface area contributed by atoms with Crippen LogP contribution >= 0.6 is 0 Å². The number of benzene rings is 1. The topological polar surface area (TPSA) is 68.5 Å². The number of methoxy groups -OCH3 is 1. The number of hydrogen-bond acceptors (Lipinski definition) is 4. The van der Waals surface area contributed by atoms with Crippen LogP contribution in [0.5, 0.6) is 5.75 Å². The first kappa shape index (κ1) is 12.9. The lowest BCUT2D eigenvalue weighted by atomic mass is 10.2. The van der Waals surface area contributed by atoms with Crippen LogP contribution < -0.4 is 15.5 Å². The van der Waals surface area contributed by atoms with Gasteiger partial charge in [0.1, 0.15) is 11.3 Å². The van der Waals surface area contributed by atoms with Crippen LogP contribution in [0.3, 0.4) is 0 Å². The summed E-state index contributed by atoms with van der Waals surface area (Å²) >= 11 is 0. The quantitative estimate of drug-likeness (QED) is 0.849. The van der Waals surface area contributed by atoms with Gasteiger partial charge < -0.3 is 14.5 Å². The number of rotatable bonds is 4. The average molecular weight is 259 g/mol. The molecule has 0 fully saturated rings. The Kier molecular flexibility index (Phi) is 3.66. The molecule has 1 aromatic carbocycles. The number of nitrogens with one attached hydrogen (secondary N) is 1. The lowest BCUT2D eigenvalue weighted by Gasteiger charge is -2.04. The molecule has 0 radical (unpaired) electrons. The van der Waals surface area contributed by atoms with Crippen molar-refractivity contribution >= 4 is 16.9 Å². The normalized spacial score (nSPS) is 10.2. The maximum Gasteiger partial charge on any atom is 0.287 e. The fourth-order valence-electron chi connectivity index (χ4n) is 1.63. The van der Waals surface area contributed by atoms with Crippen LogP contribution in [0.1, 0.15) is 10.6 Å². The largest absolute Gasteiger partial charge is 0.497 e. The van der Waals surface area contributed by atoms with Crippen LogP contribution in [0.25, 0.3) is 11.0 Å². The van der Waals surface area contributed by atoms with Gasteiger partial charge in [-0.3, -0.25) is 9.59 Å². The molecule has 1 aromatic heterocycles. The van der Waals surface area contributed by atoms with E-state index >= 15 is 0 Å². The van der Waals surface area contributed by atoms with Gasteiger partial charge in [0.05, 0.1) is 12.5 Å². The minimum absolute atomic E-state index is 0.0346. The zero-order chi connectivity index (χ0) is 13.8. The third-order valence-electron chi connectivity index (χ3n) is 2.57. The maximum atomic E-state index is 11.9. The number of amides is 1. The van der Waals surface area contributed by atoms with Crippen molar-refractivity contribution < 1.29 is 13.9 Å². The molecule has 98 valence electrons. The Morgan fingerprint density at radius 2 is 2.26 bits per heavy atom. The number of carbonyl (C=O) groups excluding carboxylic acids is 1. The second-order valence-electron chi connectivity index (χ2n) is 3.84. The predicted molar refractivity (Wildman–Crippen MR) is 71.6 cm³/mol. The van der Waals surface area contributed by atoms with Gasteiger partial charge >= 0.3 is 0 Å². The summed E-state index contributed by atoms with van der Waals surface area (Å²) in [7, 11) is 1.51. The van der Waals surface area contributed by atoms with Crippen molar-refractivity contribution in [3.8, 4) is 5.75 Å². The van der Waals surface area contributed by atoms with Crippen molar-refractivity contribution in [2.75, 3.05) is 13.7 Å². The van der Waals surface area contributed by atoms with E-state index in [1.807, 2.05) is 0 Å². The molecule has 5 heteroatoms. The summed E-state index contributed by atoms with van der Waals surface area (Å²) in [5, 5.41) is 2.95. The average Bonchev–Trinajstić information content (AvgIpc) is 2.43. The van der Waals surface area contributed by atoms with Gasteiger partial charge in [-0.2, -0.15) is 0 Å². The first-order valence-electron chi connectivity index (χ1n) is 5.66. The molecule has 0 aliphatic carbocycles. The summed E-state index contributed by atoms with van der Waals surface area (Å²) in [6.45, 7) is 3.80. The third-order valence-corrected chi connectivity index (χ3v) is 2.57. The van der Waals surface area contributed by atoms with E-state index in [-0.39, 0.29) is 11.2 Å². The molecule has 0 bridgehead atoms. The Morgan fingerprint density at radius 3 is 2.95 bits per heavy atom. The monoisotopic (exact) mass is 259 g/mol. The number of hydrogen-bond donors (Lipinski definition) is 1. The fourth-order valence-corrected chi connectivity index (χ4v) is 1.63. The van der Waals surface area contributed by atoms with Crippen molar-refractivity contribution in [3.05, 3.63) is 52.9 Å². The Hall–Kier alpha value is -2.56. The Balaban J connectivity index is 2.50. The van der Waals surface area contributed by atoms with E-state index in [0.29, 0.717) is 23.3 Å². The predicted octanol–water partition coefficient (Wildman–Crippen LogP) is 1.72. The summed E-state index contributed by atoms with van der Waals surface area (Å²) in [5.74, 6) is 0.0635. The highest BCUT2D eigenvalue weighted by molar-refractivity contribution is 5.93. The van der Waals surface area contributed by atoms with Crippen LogP contribution in [0.2, 0.25) is 0 Å². The summed E-state index contributed by atoms with van der Waals surface area (Å²) in [6, 6.07) is 6.01. The highest BCUT2D eigenvalue weighted by Gasteiger charge is 2.11. The van der Waals surface area contributed by atoms with Gasteiger partial charge in [-0.25, -0.2) is 0 Å². The lowest BCUT2D eigenvalue weighted by molar-refractivity contribution is 0.0931. The molecular weight excluding hydrogens is 246 g/mol. The summed E-state index contributed by atoms with van der Waals surface area (Å²) < 4.78 is 10.5.